The molecule has 7 rings (SSSR count). The number of fused-ring (bicyclic) bond motifs is 1. The number of likely N-dealkylation sites (tertiary alicyclic amines) is 1. The number of nitrogens with one attached hydrogen (secondary N) is 2. The molecule has 1 saturated heterocycles. The van der Waals surface area contributed by atoms with Gasteiger partial charge in [-0.05, 0) is 74.8 Å². The van der Waals surface area contributed by atoms with Crippen LogP contribution in [-0.4, -0.2) is 66.5 Å². The Kier molecular flexibility index (Phi) is 7.55. The van der Waals surface area contributed by atoms with E-state index in [4.69, 9.17) is 21.3 Å². The van der Waals surface area contributed by atoms with Crippen LogP contribution in [0.15, 0.2) is 35.5 Å². The van der Waals surface area contributed by atoms with Crippen LogP contribution in [0.5, 0.6) is 0 Å². The predicted molar refractivity (Wildman–Crippen MR) is 168 cm³/mol. The Balaban J connectivity index is 1.32. The lowest BCUT2D eigenvalue weighted by molar-refractivity contribution is -0.00697. The molecule has 0 unspecified atom stereocenters. The number of ether oxygens (including phenoxy) is 1. The standard InChI is InChI=1S/C32H41ClN8O2/c1-20-7-6-10-40(16-20)17-23-13-25-26(33)18-41(30(42)29(25)36-23)28-12-21(11-27(37-28)35-22-8-4-5-9-22)32(14-24(15-32)43-3)31-38-34-19-39(31)2/h11-13,18-20,22,24,36H,4-10,14-17H2,1-3H3,(H,35,37)/t20-,24?,32?/m0/s1. The zero-order valence-corrected chi connectivity index (χ0v) is 26.0. The van der Waals surface area contributed by atoms with Crippen molar-refractivity contribution in [2.75, 3.05) is 25.5 Å². The molecule has 43 heavy (non-hydrogen) atoms. The number of aryl methyl sites for hydroxylation is 1. The molecule has 3 fully saturated rings. The fourth-order valence-electron chi connectivity index (χ4n) is 7.57. The number of aromatic amines is 1. The van der Waals surface area contributed by atoms with E-state index in [0.717, 1.165) is 73.6 Å². The normalized spacial score (nSPS) is 24.9. The van der Waals surface area contributed by atoms with E-state index in [1.165, 1.54) is 25.7 Å². The number of rotatable bonds is 8. The summed E-state index contributed by atoms with van der Waals surface area (Å²) in [6, 6.07) is 6.53. The lowest BCUT2D eigenvalue weighted by Gasteiger charge is -2.46. The van der Waals surface area contributed by atoms with Crippen molar-refractivity contribution in [2.24, 2.45) is 13.0 Å². The van der Waals surface area contributed by atoms with Gasteiger partial charge in [0.15, 0.2) is 0 Å². The van der Waals surface area contributed by atoms with Crippen LogP contribution in [0.25, 0.3) is 16.7 Å². The van der Waals surface area contributed by atoms with E-state index < -0.39 is 5.41 Å². The van der Waals surface area contributed by atoms with Gasteiger partial charge in [-0.25, -0.2) is 4.98 Å². The van der Waals surface area contributed by atoms with E-state index >= 15 is 0 Å². The Bertz CT molecular complexity index is 1680. The van der Waals surface area contributed by atoms with Gasteiger partial charge in [-0.15, -0.1) is 10.2 Å². The summed E-state index contributed by atoms with van der Waals surface area (Å²) in [6.45, 7) is 5.22. The third kappa shape index (κ3) is 5.27. The molecule has 0 spiro atoms. The Morgan fingerprint density at radius 1 is 1.16 bits per heavy atom. The first-order valence-electron chi connectivity index (χ1n) is 15.6. The zero-order chi connectivity index (χ0) is 29.7. The topological polar surface area (TPSA) is 106 Å². The Hall–Kier alpha value is -3.21. The second-order valence-corrected chi connectivity index (χ2v) is 13.5. The highest BCUT2D eigenvalue weighted by Crippen LogP contribution is 2.50. The molecule has 1 atom stereocenters. The van der Waals surface area contributed by atoms with Gasteiger partial charge in [-0.3, -0.25) is 14.3 Å². The Morgan fingerprint density at radius 2 is 1.98 bits per heavy atom. The summed E-state index contributed by atoms with van der Waals surface area (Å²) in [5.41, 5.74) is 1.99. The third-order valence-electron chi connectivity index (χ3n) is 9.88. The number of nitrogens with zero attached hydrogens (tertiary/aromatic N) is 6. The van der Waals surface area contributed by atoms with Crippen LogP contribution in [0.3, 0.4) is 0 Å². The number of anilines is 1. The number of halogens is 1. The van der Waals surface area contributed by atoms with Crippen molar-refractivity contribution in [3.8, 4) is 5.82 Å². The summed E-state index contributed by atoms with van der Waals surface area (Å²) in [7, 11) is 3.73. The number of pyridine rings is 2. The lowest BCUT2D eigenvalue weighted by Crippen LogP contribution is -2.48. The van der Waals surface area contributed by atoms with Crippen molar-refractivity contribution in [3.05, 3.63) is 63.2 Å². The number of aromatic nitrogens is 6. The lowest BCUT2D eigenvalue weighted by atomic mass is 9.62. The maximum absolute atomic E-state index is 14.1. The fraction of sp³-hybridized carbons (Fsp3) is 0.562. The van der Waals surface area contributed by atoms with Gasteiger partial charge in [-0.1, -0.05) is 31.4 Å². The smallest absolute Gasteiger partial charge is 0.280 e. The minimum absolute atomic E-state index is 0.119. The summed E-state index contributed by atoms with van der Waals surface area (Å²) in [6.07, 6.45) is 12.2. The van der Waals surface area contributed by atoms with Crippen LogP contribution < -0.4 is 10.9 Å². The summed E-state index contributed by atoms with van der Waals surface area (Å²) in [5.74, 6) is 2.86. The van der Waals surface area contributed by atoms with Gasteiger partial charge >= 0.3 is 0 Å². The molecule has 0 radical (unpaired) electrons. The van der Waals surface area contributed by atoms with Gasteiger partial charge in [0.25, 0.3) is 5.56 Å². The average Bonchev–Trinajstić information content (AvgIpc) is 3.73. The van der Waals surface area contributed by atoms with Crippen LogP contribution in [0.2, 0.25) is 5.02 Å². The molecule has 3 aliphatic rings. The van der Waals surface area contributed by atoms with E-state index in [2.05, 4.69) is 38.4 Å². The minimum atomic E-state index is -0.404. The number of hydrogen-bond acceptors (Lipinski definition) is 7. The average molecular weight is 605 g/mol. The monoisotopic (exact) mass is 604 g/mol. The van der Waals surface area contributed by atoms with Gasteiger partial charge in [0, 0.05) is 50.6 Å². The minimum Gasteiger partial charge on any atom is -0.381 e. The van der Waals surface area contributed by atoms with E-state index in [0.29, 0.717) is 28.3 Å². The molecule has 2 saturated carbocycles. The number of piperidine rings is 1. The molecule has 10 nitrogen and oxygen atoms in total. The van der Waals surface area contributed by atoms with Gasteiger partial charge < -0.3 is 19.6 Å². The van der Waals surface area contributed by atoms with E-state index in [-0.39, 0.29) is 11.7 Å². The first kappa shape index (κ1) is 28.6. The van der Waals surface area contributed by atoms with Crippen molar-refractivity contribution in [1.29, 1.82) is 0 Å². The van der Waals surface area contributed by atoms with Crippen LogP contribution >= 0.6 is 11.6 Å². The van der Waals surface area contributed by atoms with Crippen LogP contribution in [0.1, 0.15) is 75.4 Å². The second kappa shape index (κ2) is 11.4. The largest absolute Gasteiger partial charge is 0.381 e. The van der Waals surface area contributed by atoms with Crippen molar-refractivity contribution < 1.29 is 4.74 Å². The zero-order valence-electron chi connectivity index (χ0n) is 25.3. The SMILES string of the molecule is COC1CC(c2cc(NC3CCCC3)nc(-n3cc(Cl)c4cc(CN5CCC[C@H](C)C5)[nH]c4c3=O)c2)(c2nncn2C)C1. The van der Waals surface area contributed by atoms with Crippen LogP contribution in [-0.2, 0) is 23.7 Å². The van der Waals surface area contributed by atoms with E-state index in [1.807, 2.05) is 23.7 Å². The van der Waals surface area contributed by atoms with Gasteiger partial charge in [-0.2, -0.15) is 0 Å². The van der Waals surface area contributed by atoms with Crippen LogP contribution in [0, 0.1) is 5.92 Å². The number of methoxy groups -OCH3 is 1. The molecule has 5 heterocycles. The second-order valence-electron chi connectivity index (χ2n) is 13.1. The first-order chi connectivity index (χ1) is 20.8. The summed E-state index contributed by atoms with van der Waals surface area (Å²) < 4.78 is 9.30. The summed E-state index contributed by atoms with van der Waals surface area (Å²) in [5, 5.41) is 13.7. The molecule has 0 amide bonds. The summed E-state index contributed by atoms with van der Waals surface area (Å²) >= 11 is 6.87. The quantitative estimate of drug-likeness (QED) is 0.286. The molecule has 4 aromatic rings. The van der Waals surface area contributed by atoms with Gasteiger partial charge in [0.2, 0.25) is 0 Å². The molecule has 228 valence electrons. The maximum atomic E-state index is 14.1. The van der Waals surface area contributed by atoms with Gasteiger partial charge in [0.05, 0.1) is 16.5 Å². The van der Waals surface area contributed by atoms with Crippen molar-refractivity contribution in [1.82, 2.24) is 34.2 Å². The Morgan fingerprint density at radius 3 is 2.70 bits per heavy atom. The molecule has 0 aromatic carbocycles. The molecule has 11 heteroatoms. The van der Waals surface area contributed by atoms with Crippen molar-refractivity contribution in [2.45, 2.75) is 82.4 Å². The van der Waals surface area contributed by atoms with Gasteiger partial charge in [0.1, 0.15) is 29.3 Å². The molecular formula is C32H41ClN8O2. The molecular weight excluding hydrogens is 564 g/mol. The predicted octanol–water partition coefficient (Wildman–Crippen LogP) is 5.18. The molecule has 0 bridgehead atoms. The first-order valence-corrected chi connectivity index (χ1v) is 16.0. The highest BCUT2D eigenvalue weighted by atomic mass is 35.5. The maximum Gasteiger partial charge on any atom is 0.280 e. The molecule has 1 aliphatic heterocycles. The number of H-pyrrole nitrogens is 1. The summed E-state index contributed by atoms with van der Waals surface area (Å²) in [4.78, 5) is 24.9. The third-order valence-corrected chi connectivity index (χ3v) is 10.2. The molecule has 2 aliphatic carbocycles. The van der Waals surface area contributed by atoms with E-state index in [9.17, 15) is 4.79 Å². The Labute approximate surface area is 256 Å². The molecule has 4 aromatic heterocycles. The van der Waals surface area contributed by atoms with E-state index in [1.54, 1.807) is 24.2 Å². The number of hydrogen-bond donors (Lipinski definition) is 2. The van der Waals surface area contributed by atoms with Crippen molar-refractivity contribution >= 4 is 28.3 Å². The van der Waals surface area contributed by atoms with Crippen LogP contribution in [0.4, 0.5) is 5.82 Å². The highest BCUT2D eigenvalue weighted by Gasteiger charge is 2.50. The van der Waals surface area contributed by atoms with Crippen molar-refractivity contribution in [3.63, 3.8) is 0 Å². The fourth-order valence-corrected chi connectivity index (χ4v) is 7.82. The molecule has 2 N–H and O–H groups in total. The highest BCUT2D eigenvalue weighted by molar-refractivity contribution is 6.35.